The maximum absolute atomic E-state index is 12.5. The van der Waals surface area contributed by atoms with Crippen LogP contribution in [0.5, 0.6) is 0 Å². The number of amides is 1. The number of nitrogens with one attached hydrogen (secondary N) is 2. The lowest BCUT2D eigenvalue weighted by atomic mass is 10.1. The molecule has 0 atom stereocenters. The van der Waals surface area contributed by atoms with Gasteiger partial charge in [0.15, 0.2) is 0 Å². The van der Waals surface area contributed by atoms with Gasteiger partial charge in [0.25, 0.3) is 10.0 Å². The van der Waals surface area contributed by atoms with Crippen LogP contribution < -0.4 is 10.0 Å². The van der Waals surface area contributed by atoms with E-state index >= 15 is 0 Å². The lowest BCUT2D eigenvalue weighted by Crippen LogP contribution is -2.30. The van der Waals surface area contributed by atoms with Crippen LogP contribution in [0.3, 0.4) is 0 Å². The van der Waals surface area contributed by atoms with Crippen molar-refractivity contribution in [3.8, 4) is 0 Å². The van der Waals surface area contributed by atoms with Crippen molar-refractivity contribution in [3.05, 3.63) is 59.7 Å². The van der Waals surface area contributed by atoms with Gasteiger partial charge in [0.2, 0.25) is 5.91 Å². The van der Waals surface area contributed by atoms with Crippen molar-refractivity contribution >= 4 is 27.5 Å². The summed E-state index contributed by atoms with van der Waals surface area (Å²) in [6.45, 7) is 3.52. The number of hydrogen-bond donors (Lipinski definition) is 2. The van der Waals surface area contributed by atoms with Gasteiger partial charge < -0.3 is 5.32 Å². The molecule has 7 nitrogen and oxygen atoms in total. The molecule has 1 aliphatic heterocycles. The summed E-state index contributed by atoms with van der Waals surface area (Å²) in [6, 6.07) is 14.4. The van der Waals surface area contributed by atoms with Crippen LogP contribution in [-0.4, -0.2) is 45.2 Å². The number of carbonyl (C=O) groups is 1. The molecule has 3 rings (SSSR count). The van der Waals surface area contributed by atoms with Crippen molar-refractivity contribution in [2.24, 2.45) is 4.99 Å². The first-order valence-corrected chi connectivity index (χ1v) is 11.0. The Hall–Kier alpha value is -2.71. The first-order chi connectivity index (χ1) is 13.8. The van der Waals surface area contributed by atoms with E-state index < -0.39 is 10.0 Å². The van der Waals surface area contributed by atoms with Gasteiger partial charge in [-0.15, -0.1) is 0 Å². The smallest absolute Gasteiger partial charge is 0.262 e. The minimum Gasteiger partial charge on any atom is -0.325 e. The SMILES string of the molecule is Cc1ccc(CN(C)CC(=O)Nc2cccc(S(=O)(=O)NC3=NCCC3)c2)cc1. The van der Waals surface area contributed by atoms with E-state index in [1.165, 1.54) is 17.7 Å². The van der Waals surface area contributed by atoms with Crippen molar-refractivity contribution in [2.45, 2.75) is 31.2 Å². The average molecular weight is 415 g/mol. The molecule has 0 saturated carbocycles. The minimum atomic E-state index is -3.71. The van der Waals surface area contributed by atoms with E-state index in [0.29, 0.717) is 31.0 Å². The number of aliphatic imine (C=N–C) groups is 1. The number of amidine groups is 1. The minimum absolute atomic E-state index is 0.0953. The first-order valence-electron chi connectivity index (χ1n) is 9.52. The normalized spacial score (nSPS) is 14.0. The van der Waals surface area contributed by atoms with Crippen LogP contribution >= 0.6 is 0 Å². The van der Waals surface area contributed by atoms with Crippen molar-refractivity contribution in [3.63, 3.8) is 0 Å². The summed E-state index contributed by atoms with van der Waals surface area (Å²) in [5.41, 5.74) is 2.76. The van der Waals surface area contributed by atoms with Gasteiger partial charge in [-0.25, -0.2) is 8.42 Å². The van der Waals surface area contributed by atoms with E-state index in [4.69, 9.17) is 0 Å². The standard InChI is InChI=1S/C21H26N4O3S/c1-16-8-10-17(11-9-16)14-25(2)15-21(26)23-18-5-3-6-19(13-18)29(27,28)24-20-7-4-12-22-20/h3,5-6,8-11,13H,4,7,12,14-15H2,1-2H3,(H,22,24)(H,23,26). The van der Waals surface area contributed by atoms with Gasteiger partial charge in [-0.1, -0.05) is 35.9 Å². The van der Waals surface area contributed by atoms with Crippen LogP contribution in [0, 0.1) is 6.92 Å². The van der Waals surface area contributed by atoms with Gasteiger partial charge in [0.05, 0.1) is 11.4 Å². The molecule has 1 aliphatic rings. The van der Waals surface area contributed by atoms with Crippen LogP contribution in [0.1, 0.15) is 24.0 Å². The molecule has 2 aromatic rings. The fourth-order valence-corrected chi connectivity index (χ4v) is 4.22. The fourth-order valence-electron chi connectivity index (χ4n) is 3.08. The van der Waals surface area contributed by atoms with Crippen molar-refractivity contribution < 1.29 is 13.2 Å². The van der Waals surface area contributed by atoms with Crippen molar-refractivity contribution in [1.82, 2.24) is 9.62 Å². The second-order valence-corrected chi connectivity index (χ2v) is 8.95. The summed E-state index contributed by atoms with van der Waals surface area (Å²) in [4.78, 5) is 18.5. The Morgan fingerprint density at radius 3 is 2.62 bits per heavy atom. The number of carbonyl (C=O) groups excluding carboxylic acids is 1. The highest BCUT2D eigenvalue weighted by Gasteiger charge is 2.19. The number of likely N-dealkylation sites (N-methyl/N-ethyl adjacent to an activating group) is 1. The Morgan fingerprint density at radius 2 is 1.93 bits per heavy atom. The first kappa shape index (κ1) is 21.0. The van der Waals surface area contributed by atoms with Gasteiger partial charge in [-0.05, 0) is 44.2 Å². The second-order valence-electron chi connectivity index (χ2n) is 7.27. The Bertz CT molecular complexity index is 1000. The van der Waals surface area contributed by atoms with E-state index in [9.17, 15) is 13.2 Å². The van der Waals surface area contributed by atoms with Crippen LogP contribution in [0.2, 0.25) is 0 Å². The van der Waals surface area contributed by atoms with E-state index in [0.717, 1.165) is 12.0 Å². The zero-order valence-electron chi connectivity index (χ0n) is 16.7. The number of sulfonamides is 1. The van der Waals surface area contributed by atoms with Gasteiger partial charge in [0.1, 0.15) is 5.84 Å². The van der Waals surface area contributed by atoms with Crippen molar-refractivity contribution in [2.75, 3.05) is 25.5 Å². The molecule has 2 aromatic carbocycles. The highest BCUT2D eigenvalue weighted by molar-refractivity contribution is 7.90. The third-order valence-electron chi connectivity index (χ3n) is 4.54. The lowest BCUT2D eigenvalue weighted by molar-refractivity contribution is -0.117. The summed E-state index contributed by atoms with van der Waals surface area (Å²) in [5.74, 6) is 0.277. The molecule has 1 heterocycles. The van der Waals surface area contributed by atoms with Crippen LogP contribution in [0.4, 0.5) is 5.69 Å². The topological polar surface area (TPSA) is 90.9 Å². The van der Waals surface area contributed by atoms with Gasteiger partial charge in [0, 0.05) is 25.2 Å². The third-order valence-corrected chi connectivity index (χ3v) is 5.92. The number of benzene rings is 2. The fraction of sp³-hybridized carbons (Fsp3) is 0.333. The molecule has 0 aliphatic carbocycles. The molecule has 8 heteroatoms. The number of anilines is 1. The largest absolute Gasteiger partial charge is 0.325 e. The van der Waals surface area contributed by atoms with E-state index in [2.05, 4.69) is 15.0 Å². The molecule has 0 bridgehead atoms. The number of aryl methyl sites for hydroxylation is 1. The maximum atomic E-state index is 12.5. The molecule has 1 amide bonds. The second kappa shape index (κ2) is 9.19. The molecule has 0 saturated heterocycles. The summed E-state index contributed by atoms with van der Waals surface area (Å²) in [7, 11) is -1.84. The average Bonchev–Trinajstić information content (AvgIpc) is 3.16. The predicted molar refractivity (Wildman–Crippen MR) is 114 cm³/mol. The number of rotatable bonds is 7. The molecular weight excluding hydrogens is 388 g/mol. The molecule has 2 N–H and O–H groups in total. The molecule has 0 unspecified atom stereocenters. The van der Waals surface area contributed by atoms with Gasteiger partial charge in [-0.2, -0.15) is 0 Å². The molecule has 0 spiro atoms. The Morgan fingerprint density at radius 1 is 1.17 bits per heavy atom. The Kier molecular flexibility index (Phi) is 6.66. The third kappa shape index (κ3) is 6.13. The summed E-state index contributed by atoms with van der Waals surface area (Å²) >= 11 is 0. The summed E-state index contributed by atoms with van der Waals surface area (Å²) in [5, 5.41) is 2.77. The number of nitrogens with zero attached hydrogens (tertiary/aromatic N) is 2. The van der Waals surface area contributed by atoms with E-state index in [-0.39, 0.29) is 17.3 Å². The van der Waals surface area contributed by atoms with Gasteiger partial charge in [-0.3, -0.25) is 19.4 Å². The summed E-state index contributed by atoms with van der Waals surface area (Å²) in [6.07, 6.45) is 1.48. The van der Waals surface area contributed by atoms with Crippen molar-refractivity contribution in [1.29, 1.82) is 0 Å². The molecule has 29 heavy (non-hydrogen) atoms. The van der Waals surface area contributed by atoms with E-state index in [1.54, 1.807) is 12.1 Å². The molecule has 0 aromatic heterocycles. The Balaban J connectivity index is 1.58. The van der Waals surface area contributed by atoms with E-state index in [1.807, 2.05) is 43.1 Å². The summed E-state index contributed by atoms with van der Waals surface area (Å²) < 4.78 is 27.6. The van der Waals surface area contributed by atoms with Crippen LogP contribution in [0.15, 0.2) is 58.4 Å². The monoisotopic (exact) mass is 414 g/mol. The predicted octanol–water partition coefficient (Wildman–Crippen LogP) is 2.54. The van der Waals surface area contributed by atoms with Gasteiger partial charge >= 0.3 is 0 Å². The lowest BCUT2D eigenvalue weighted by Gasteiger charge is -2.17. The molecule has 154 valence electrons. The Labute approximate surface area is 171 Å². The zero-order chi connectivity index (χ0) is 20.9. The van der Waals surface area contributed by atoms with Crippen LogP contribution in [0.25, 0.3) is 0 Å². The maximum Gasteiger partial charge on any atom is 0.262 e. The highest BCUT2D eigenvalue weighted by Crippen LogP contribution is 2.16. The number of hydrogen-bond acceptors (Lipinski definition) is 5. The zero-order valence-corrected chi connectivity index (χ0v) is 17.5. The van der Waals surface area contributed by atoms with Crippen LogP contribution in [-0.2, 0) is 21.4 Å². The molecular formula is C21H26N4O3S. The quantitative estimate of drug-likeness (QED) is 0.728. The molecule has 0 radical (unpaired) electrons. The molecule has 0 fully saturated rings. The highest BCUT2D eigenvalue weighted by atomic mass is 32.2.